The van der Waals surface area contributed by atoms with E-state index in [-0.39, 0.29) is 16.8 Å². The third-order valence-corrected chi connectivity index (χ3v) is 3.15. The van der Waals surface area contributed by atoms with Crippen LogP contribution in [0.2, 0.25) is 0 Å². The van der Waals surface area contributed by atoms with Gasteiger partial charge in [-0.05, 0) is 67.2 Å². The number of phenols is 1. The molecule has 2 aromatic carbocycles. The third kappa shape index (κ3) is 5.27. The van der Waals surface area contributed by atoms with Crippen molar-refractivity contribution in [3.63, 3.8) is 0 Å². The Labute approximate surface area is 140 Å². The molecule has 0 radical (unpaired) electrons. The van der Waals surface area contributed by atoms with Gasteiger partial charge in [-0.2, -0.15) is 0 Å². The van der Waals surface area contributed by atoms with Crippen LogP contribution in [0.3, 0.4) is 0 Å². The number of hydrogen-bond donors (Lipinski definition) is 3. The SMILES string of the molecule is CCCOc1ccc(C(=O)NC(=S)Nc2ccc(O)cc2)cc1. The molecule has 0 bridgehead atoms. The molecule has 2 rings (SSSR count). The number of aromatic hydroxyl groups is 1. The van der Waals surface area contributed by atoms with Crippen LogP contribution in [0, 0.1) is 0 Å². The molecule has 0 aromatic heterocycles. The highest BCUT2D eigenvalue weighted by molar-refractivity contribution is 7.80. The fraction of sp³-hybridized carbons (Fsp3) is 0.176. The molecule has 0 aliphatic carbocycles. The lowest BCUT2D eigenvalue weighted by Gasteiger charge is -2.10. The number of carbonyl (C=O) groups excluding carboxylic acids is 1. The quantitative estimate of drug-likeness (QED) is 0.579. The smallest absolute Gasteiger partial charge is 0.257 e. The molecule has 5 nitrogen and oxygen atoms in total. The number of phenolic OH excluding ortho intramolecular Hbond substituents is 1. The normalized spacial score (nSPS) is 9.96. The van der Waals surface area contributed by atoms with Gasteiger partial charge in [0, 0.05) is 11.3 Å². The van der Waals surface area contributed by atoms with Crippen LogP contribution in [0.1, 0.15) is 23.7 Å². The van der Waals surface area contributed by atoms with Gasteiger partial charge in [0.15, 0.2) is 5.11 Å². The Balaban J connectivity index is 1.90. The zero-order chi connectivity index (χ0) is 16.7. The summed E-state index contributed by atoms with van der Waals surface area (Å²) in [5.41, 5.74) is 1.17. The molecule has 23 heavy (non-hydrogen) atoms. The number of amides is 1. The van der Waals surface area contributed by atoms with Gasteiger partial charge in [0.1, 0.15) is 11.5 Å². The lowest BCUT2D eigenvalue weighted by atomic mass is 10.2. The first-order chi connectivity index (χ1) is 11.1. The van der Waals surface area contributed by atoms with Crippen LogP contribution in [-0.4, -0.2) is 22.7 Å². The molecule has 0 atom stereocenters. The van der Waals surface area contributed by atoms with Gasteiger partial charge in [-0.1, -0.05) is 6.92 Å². The van der Waals surface area contributed by atoms with Crippen LogP contribution in [0.25, 0.3) is 0 Å². The summed E-state index contributed by atoms with van der Waals surface area (Å²) in [4.78, 5) is 12.1. The van der Waals surface area contributed by atoms with Crippen LogP contribution in [0.5, 0.6) is 11.5 Å². The topological polar surface area (TPSA) is 70.6 Å². The maximum Gasteiger partial charge on any atom is 0.257 e. The minimum Gasteiger partial charge on any atom is -0.508 e. The molecular weight excluding hydrogens is 312 g/mol. The molecule has 120 valence electrons. The largest absolute Gasteiger partial charge is 0.508 e. The van der Waals surface area contributed by atoms with E-state index in [1.165, 1.54) is 12.1 Å². The molecule has 0 saturated heterocycles. The zero-order valence-corrected chi connectivity index (χ0v) is 13.5. The fourth-order valence-electron chi connectivity index (χ4n) is 1.80. The lowest BCUT2D eigenvalue weighted by molar-refractivity contribution is 0.0977. The van der Waals surface area contributed by atoms with Crippen molar-refractivity contribution in [3.8, 4) is 11.5 Å². The Bertz CT molecular complexity index is 669. The van der Waals surface area contributed by atoms with Crippen molar-refractivity contribution >= 4 is 28.9 Å². The van der Waals surface area contributed by atoms with Gasteiger partial charge < -0.3 is 15.2 Å². The zero-order valence-electron chi connectivity index (χ0n) is 12.7. The fourth-order valence-corrected chi connectivity index (χ4v) is 2.02. The summed E-state index contributed by atoms with van der Waals surface area (Å²) >= 11 is 5.10. The van der Waals surface area contributed by atoms with Crippen molar-refractivity contribution in [2.75, 3.05) is 11.9 Å². The van der Waals surface area contributed by atoms with E-state index in [1.807, 2.05) is 6.92 Å². The van der Waals surface area contributed by atoms with Gasteiger partial charge in [0.2, 0.25) is 0 Å². The van der Waals surface area contributed by atoms with Crippen molar-refractivity contribution in [1.82, 2.24) is 5.32 Å². The third-order valence-electron chi connectivity index (χ3n) is 2.94. The predicted octanol–water partition coefficient (Wildman–Crippen LogP) is 3.31. The highest BCUT2D eigenvalue weighted by Gasteiger charge is 2.08. The van der Waals surface area contributed by atoms with E-state index < -0.39 is 0 Å². The summed E-state index contributed by atoms with van der Waals surface area (Å²) in [6.45, 7) is 2.68. The standard InChI is InChI=1S/C17H18N2O3S/c1-2-11-22-15-9-3-12(4-10-15)16(21)19-17(23)18-13-5-7-14(20)8-6-13/h3-10,20H,2,11H2,1H3,(H2,18,19,21,23). The van der Waals surface area contributed by atoms with Crippen molar-refractivity contribution in [2.24, 2.45) is 0 Å². The van der Waals surface area contributed by atoms with Gasteiger partial charge >= 0.3 is 0 Å². The van der Waals surface area contributed by atoms with E-state index in [0.717, 1.165) is 12.2 Å². The minimum absolute atomic E-state index is 0.163. The number of anilines is 1. The number of benzene rings is 2. The van der Waals surface area contributed by atoms with E-state index in [9.17, 15) is 9.90 Å². The molecule has 0 aliphatic rings. The Morgan fingerprint density at radius 1 is 1.13 bits per heavy atom. The van der Waals surface area contributed by atoms with Crippen LogP contribution in [0.15, 0.2) is 48.5 Å². The summed E-state index contributed by atoms with van der Waals surface area (Å²) in [6.07, 6.45) is 0.930. The van der Waals surface area contributed by atoms with Crippen LogP contribution >= 0.6 is 12.2 Å². The average Bonchev–Trinajstić information content (AvgIpc) is 2.55. The molecule has 0 unspecified atom stereocenters. The van der Waals surface area contributed by atoms with Gasteiger partial charge in [-0.3, -0.25) is 10.1 Å². The molecule has 0 saturated carbocycles. The van der Waals surface area contributed by atoms with E-state index in [4.69, 9.17) is 17.0 Å². The molecule has 0 heterocycles. The lowest BCUT2D eigenvalue weighted by Crippen LogP contribution is -2.34. The van der Waals surface area contributed by atoms with Gasteiger partial charge in [-0.15, -0.1) is 0 Å². The summed E-state index contributed by atoms with van der Waals surface area (Å²) in [7, 11) is 0. The second kappa shape index (κ2) is 8.14. The molecular formula is C17H18N2O3S. The second-order valence-corrected chi connectivity index (χ2v) is 5.24. The van der Waals surface area contributed by atoms with Gasteiger partial charge in [0.25, 0.3) is 5.91 Å². The first-order valence-electron chi connectivity index (χ1n) is 7.22. The predicted molar refractivity (Wildman–Crippen MR) is 94.0 cm³/mol. The monoisotopic (exact) mass is 330 g/mol. The van der Waals surface area contributed by atoms with Crippen molar-refractivity contribution in [2.45, 2.75) is 13.3 Å². The summed E-state index contributed by atoms with van der Waals surface area (Å²) < 4.78 is 5.47. The van der Waals surface area contributed by atoms with Crippen molar-refractivity contribution in [1.29, 1.82) is 0 Å². The first-order valence-corrected chi connectivity index (χ1v) is 7.63. The highest BCUT2D eigenvalue weighted by Crippen LogP contribution is 2.14. The molecule has 0 spiro atoms. The second-order valence-electron chi connectivity index (χ2n) is 4.83. The highest BCUT2D eigenvalue weighted by atomic mass is 32.1. The number of hydrogen-bond acceptors (Lipinski definition) is 4. The summed E-state index contributed by atoms with van der Waals surface area (Å²) in [5, 5.41) is 14.9. The number of thiocarbonyl (C=S) groups is 1. The molecule has 3 N–H and O–H groups in total. The van der Waals surface area contributed by atoms with Crippen LogP contribution < -0.4 is 15.4 Å². The van der Waals surface area contributed by atoms with E-state index >= 15 is 0 Å². The summed E-state index contributed by atoms with van der Waals surface area (Å²) in [6, 6.07) is 13.2. The molecule has 0 fully saturated rings. The molecule has 2 aromatic rings. The molecule has 0 aliphatic heterocycles. The van der Waals surface area contributed by atoms with E-state index in [2.05, 4.69) is 10.6 Å². The molecule has 6 heteroatoms. The summed E-state index contributed by atoms with van der Waals surface area (Å²) in [5.74, 6) is 0.590. The van der Waals surface area contributed by atoms with Crippen LogP contribution in [-0.2, 0) is 0 Å². The number of nitrogens with one attached hydrogen (secondary N) is 2. The number of carbonyl (C=O) groups is 1. The Hall–Kier alpha value is -2.60. The van der Waals surface area contributed by atoms with Crippen molar-refractivity contribution < 1.29 is 14.6 Å². The maximum absolute atomic E-state index is 12.1. The van der Waals surface area contributed by atoms with E-state index in [1.54, 1.807) is 36.4 Å². The number of ether oxygens (including phenoxy) is 1. The van der Waals surface area contributed by atoms with Crippen LogP contribution in [0.4, 0.5) is 5.69 Å². The Kier molecular flexibility index (Phi) is 5.94. The van der Waals surface area contributed by atoms with Gasteiger partial charge in [-0.25, -0.2) is 0 Å². The maximum atomic E-state index is 12.1. The van der Waals surface area contributed by atoms with Gasteiger partial charge in [0.05, 0.1) is 6.61 Å². The van der Waals surface area contributed by atoms with Crippen molar-refractivity contribution in [3.05, 3.63) is 54.1 Å². The molecule has 1 amide bonds. The number of rotatable bonds is 5. The minimum atomic E-state index is -0.302. The average molecular weight is 330 g/mol. The first kappa shape index (κ1) is 16.8. The Morgan fingerprint density at radius 3 is 2.39 bits per heavy atom. The van der Waals surface area contributed by atoms with E-state index in [0.29, 0.717) is 17.9 Å². The Morgan fingerprint density at radius 2 is 1.78 bits per heavy atom.